The summed E-state index contributed by atoms with van der Waals surface area (Å²) in [5, 5.41) is 2.87. The molecule has 0 saturated heterocycles. The third-order valence-electron chi connectivity index (χ3n) is 4.55. The van der Waals surface area contributed by atoms with Crippen molar-refractivity contribution in [3.8, 4) is 0 Å². The van der Waals surface area contributed by atoms with Crippen LogP contribution in [0.2, 0.25) is 0 Å². The Kier molecular flexibility index (Phi) is 9.63. The van der Waals surface area contributed by atoms with Crippen molar-refractivity contribution in [1.29, 1.82) is 0 Å². The third kappa shape index (κ3) is 7.04. The molecule has 1 N–H and O–H groups in total. The molecule has 2 aromatic rings. The van der Waals surface area contributed by atoms with E-state index in [1.165, 1.54) is 5.56 Å². The van der Waals surface area contributed by atoms with Gasteiger partial charge >= 0.3 is 0 Å². The number of hydrogen-bond acceptors (Lipinski definition) is 3. The first kappa shape index (κ1) is 22.0. The third-order valence-corrected chi connectivity index (χ3v) is 5.56. The molecule has 150 valence electrons. The van der Waals surface area contributed by atoms with Crippen LogP contribution in [0.25, 0.3) is 0 Å². The van der Waals surface area contributed by atoms with E-state index in [-0.39, 0.29) is 11.8 Å². The molecule has 28 heavy (non-hydrogen) atoms. The van der Waals surface area contributed by atoms with E-state index in [4.69, 9.17) is 0 Å². The zero-order valence-corrected chi connectivity index (χ0v) is 17.6. The van der Waals surface area contributed by atoms with Gasteiger partial charge in [-0.3, -0.25) is 9.59 Å². The lowest BCUT2D eigenvalue weighted by Gasteiger charge is -2.30. The molecule has 0 aromatic heterocycles. The first-order valence-electron chi connectivity index (χ1n) is 9.94. The molecule has 1 atom stereocenters. The smallest absolute Gasteiger partial charge is 0.242 e. The topological polar surface area (TPSA) is 49.4 Å². The lowest BCUT2D eigenvalue weighted by atomic mass is 10.1. The lowest BCUT2D eigenvalue weighted by molar-refractivity contribution is -0.140. The van der Waals surface area contributed by atoms with Crippen molar-refractivity contribution in [1.82, 2.24) is 10.2 Å². The molecular formula is C23H30N2O2S. The molecular weight excluding hydrogens is 368 g/mol. The molecule has 2 rings (SSSR count). The Balaban J connectivity index is 2.02. The van der Waals surface area contributed by atoms with Gasteiger partial charge in [-0.2, -0.15) is 0 Å². The van der Waals surface area contributed by atoms with Crippen molar-refractivity contribution in [2.75, 3.05) is 18.8 Å². The van der Waals surface area contributed by atoms with Crippen molar-refractivity contribution in [2.24, 2.45) is 0 Å². The second-order valence-corrected chi connectivity index (χ2v) is 7.72. The van der Waals surface area contributed by atoms with E-state index < -0.39 is 6.04 Å². The summed E-state index contributed by atoms with van der Waals surface area (Å²) in [6.45, 7) is 4.98. The SMILES string of the molecule is CCNC(=O)C(CC)N(CCc1ccccc1)C(=O)CCSc1ccccc1. The number of benzene rings is 2. The summed E-state index contributed by atoms with van der Waals surface area (Å²) in [6, 6.07) is 19.8. The van der Waals surface area contributed by atoms with Crippen LogP contribution in [-0.2, 0) is 16.0 Å². The molecule has 1 unspecified atom stereocenters. The lowest BCUT2D eigenvalue weighted by Crippen LogP contribution is -2.50. The highest BCUT2D eigenvalue weighted by Gasteiger charge is 2.27. The summed E-state index contributed by atoms with van der Waals surface area (Å²) in [4.78, 5) is 28.4. The molecule has 0 bridgehead atoms. The fourth-order valence-corrected chi connectivity index (χ4v) is 3.97. The van der Waals surface area contributed by atoms with Crippen LogP contribution in [-0.4, -0.2) is 41.6 Å². The van der Waals surface area contributed by atoms with Gasteiger partial charge in [0.05, 0.1) is 0 Å². The molecule has 0 saturated carbocycles. The van der Waals surface area contributed by atoms with Gasteiger partial charge in [0, 0.05) is 30.2 Å². The minimum absolute atomic E-state index is 0.0393. The molecule has 0 aliphatic carbocycles. The van der Waals surface area contributed by atoms with Gasteiger partial charge in [0.1, 0.15) is 6.04 Å². The van der Waals surface area contributed by atoms with Crippen molar-refractivity contribution in [2.45, 2.75) is 44.0 Å². The summed E-state index contributed by atoms with van der Waals surface area (Å²) in [5.41, 5.74) is 1.17. The molecule has 5 heteroatoms. The number of amides is 2. The van der Waals surface area contributed by atoms with E-state index in [1.54, 1.807) is 16.7 Å². The van der Waals surface area contributed by atoms with Gasteiger partial charge in [-0.15, -0.1) is 11.8 Å². The van der Waals surface area contributed by atoms with E-state index in [0.717, 1.165) is 11.3 Å². The number of thioether (sulfide) groups is 1. The number of hydrogen-bond donors (Lipinski definition) is 1. The molecule has 2 aromatic carbocycles. The highest BCUT2D eigenvalue weighted by Crippen LogP contribution is 2.19. The molecule has 4 nitrogen and oxygen atoms in total. The van der Waals surface area contributed by atoms with Gasteiger partial charge in [0.25, 0.3) is 0 Å². The Morgan fingerprint density at radius 2 is 1.64 bits per heavy atom. The minimum Gasteiger partial charge on any atom is -0.355 e. The van der Waals surface area contributed by atoms with E-state index in [0.29, 0.717) is 31.7 Å². The molecule has 2 amide bonds. The van der Waals surface area contributed by atoms with Gasteiger partial charge < -0.3 is 10.2 Å². The maximum absolute atomic E-state index is 13.0. The summed E-state index contributed by atoms with van der Waals surface area (Å²) < 4.78 is 0. The predicted octanol–water partition coefficient (Wildman–Crippen LogP) is 4.15. The van der Waals surface area contributed by atoms with E-state index in [1.807, 2.05) is 62.4 Å². The largest absolute Gasteiger partial charge is 0.355 e. The van der Waals surface area contributed by atoms with Crippen molar-refractivity contribution in [3.05, 3.63) is 66.2 Å². The van der Waals surface area contributed by atoms with Gasteiger partial charge in [0.2, 0.25) is 11.8 Å². The standard InChI is InChI=1S/C23H30N2O2S/c1-3-21(23(27)24-4-2)25(17-15-19-11-7-5-8-12-19)22(26)16-18-28-20-13-9-6-10-14-20/h5-14,21H,3-4,15-18H2,1-2H3,(H,24,27). The fraction of sp³-hybridized carbons (Fsp3) is 0.391. The van der Waals surface area contributed by atoms with Crippen LogP contribution < -0.4 is 5.32 Å². The van der Waals surface area contributed by atoms with E-state index >= 15 is 0 Å². The maximum atomic E-state index is 13.0. The number of nitrogens with zero attached hydrogens (tertiary/aromatic N) is 1. The summed E-state index contributed by atoms with van der Waals surface area (Å²) >= 11 is 1.67. The molecule has 0 radical (unpaired) electrons. The highest BCUT2D eigenvalue weighted by atomic mass is 32.2. The van der Waals surface area contributed by atoms with Crippen LogP contribution in [0.5, 0.6) is 0 Å². The van der Waals surface area contributed by atoms with Crippen LogP contribution in [0.4, 0.5) is 0 Å². The van der Waals surface area contributed by atoms with Crippen LogP contribution >= 0.6 is 11.8 Å². The number of nitrogens with one attached hydrogen (secondary N) is 1. The van der Waals surface area contributed by atoms with Gasteiger partial charge in [-0.1, -0.05) is 55.5 Å². The average Bonchev–Trinajstić information content (AvgIpc) is 2.72. The van der Waals surface area contributed by atoms with Crippen molar-refractivity contribution in [3.63, 3.8) is 0 Å². The first-order chi connectivity index (χ1) is 13.7. The Morgan fingerprint density at radius 3 is 2.25 bits per heavy atom. The number of rotatable bonds is 11. The van der Waals surface area contributed by atoms with E-state index in [9.17, 15) is 9.59 Å². The summed E-state index contributed by atoms with van der Waals surface area (Å²) in [5.74, 6) is 0.677. The Hall–Kier alpha value is -2.27. The molecule has 0 aliphatic rings. The normalized spacial score (nSPS) is 11.6. The Bertz CT molecular complexity index is 722. The van der Waals surface area contributed by atoms with Crippen LogP contribution in [0, 0.1) is 0 Å². The molecule has 0 spiro atoms. The monoisotopic (exact) mass is 398 g/mol. The molecule has 0 fully saturated rings. The average molecular weight is 399 g/mol. The number of carbonyl (C=O) groups excluding carboxylic acids is 2. The highest BCUT2D eigenvalue weighted by molar-refractivity contribution is 7.99. The fourth-order valence-electron chi connectivity index (χ4n) is 3.10. The molecule has 0 aliphatic heterocycles. The van der Waals surface area contributed by atoms with E-state index in [2.05, 4.69) is 17.4 Å². The van der Waals surface area contributed by atoms with Crippen LogP contribution in [0.3, 0.4) is 0 Å². The number of carbonyl (C=O) groups is 2. The summed E-state index contributed by atoms with van der Waals surface area (Å²) in [6.07, 6.45) is 1.77. The zero-order valence-electron chi connectivity index (χ0n) is 16.8. The second kappa shape index (κ2) is 12.2. The van der Waals surface area contributed by atoms with Crippen molar-refractivity contribution >= 4 is 23.6 Å². The number of likely N-dealkylation sites (N-methyl/N-ethyl adjacent to an activating group) is 1. The Morgan fingerprint density at radius 1 is 1.00 bits per heavy atom. The summed E-state index contributed by atoms with van der Waals surface area (Å²) in [7, 11) is 0. The maximum Gasteiger partial charge on any atom is 0.242 e. The van der Waals surface area contributed by atoms with Crippen LogP contribution in [0.1, 0.15) is 32.3 Å². The Labute approximate surface area is 172 Å². The van der Waals surface area contributed by atoms with Gasteiger partial charge in [-0.25, -0.2) is 0 Å². The first-order valence-corrected chi connectivity index (χ1v) is 10.9. The zero-order chi connectivity index (χ0) is 20.2. The van der Waals surface area contributed by atoms with Gasteiger partial charge in [0.15, 0.2) is 0 Å². The molecule has 0 heterocycles. The van der Waals surface area contributed by atoms with Crippen LogP contribution in [0.15, 0.2) is 65.6 Å². The second-order valence-electron chi connectivity index (χ2n) is 6.55. The minimum atomic E-state index is -0.419. The van der Waals surface area contributed by atoms with Gasteiger partial charge in [-0.05, 0) is 37.5 Å². The van der Waals surface area contributed by atoms with Crippen molar-refractivity contribution < 1.29 is 9.59 Å². The quantitative estimate of drug-likeness (QED) is 0.579. The predicted molar refractivity (Wildman–Crippen MR) is 116 cm³/mol.